The van der Waals surface area contributed by atoms with E-state index in [0.717, 1.165) is 21.3 Å². The highest BCUT2D eigenvalue weighted by molar-refractivity contribution is 9.10. The molecule has 3 N–H and O–H groups in total. The van der Waals surface area contributed by atoms with Crippen LogP contribution in [0.1, 0.15) is 11.1 Å². The van der Waals surface area contributed by atoms with E-state index >= 15 is 0 Å². The molecule has 0 aliphatic heterocycles. The number of aryl methyl sites for hydroxylation is 1. The smallest absolute Gasteiger partial charge is 0.228 e. The van der Waals surface area contributed by atoms with Crippen molar-refractivity contribution in [3.8, 4) is 0 Å². The van der Waals surface area contributed by atoms with Crippen LogP contribution in [0.25, 0.3) is 0 Å². The van der Waals surface area contributed by atoms with Crippen LogP contribution in [-0.4, -0.2) is 5.91 Å². The summed E-state index contributed by atoms with van der Waals surface area (Å²) in [5.41, 5.74) is 9.13. The highest BCUT2D eigenvalue weighted by Gasteiger charge is 2.07. The molecule has 0 aromatic heterocycles. The number of amides is 1. The molecule has 0 aliphatic rings. The number of anilines is 2. The Kier molecular flexibility index (Phi) is 4.22. The van der Waals surface area contributed by atoms with Crippen molar-refractivity contribution < 1.29 is 4.79 Å². The third-order valence-corrected chi connectivity index (χ3v) is 3.86. The second kappa shape index (κ2) is 5.89. The van der Waals surface area contributed by atoms with Gasteiger partial charge in [0.25, 0.3) is 0 Å². The number of halogens is 1. The molecule has 0 atom stereocenters. The molecule has 0 saturated carbocycles. The first-order valence-corrected chi connectivity index (χ1v) is 6.75. The number of nitrogens with one attached hydrogen (secondary N) is 1. The van der Waals surface area contributed by atoms with Crippen molar-refractivity contribution in [2.75, 3.05) is 11.1 Å². The summed E-state index contributed by atoms with van der Waals surface area (Å²) in [4.78, 5) is 12.0. The van der Waals surface area contributed by atoms with Crippen LogP contribution < -0.4 is 11.1 Å². The number of carbonyl (C=O) groups excluding carboxylic acids is 1. The molecule has 0 bridgehead atoms. The first-order chi connectivity index (χ1) is 9.06. The third kappa shape index (κ3) is 3.58. The van der Waals surface area contributed by atoms with Gasteiger partial charge in [-0.15, -0.1) is 0 Å². The van der Waals surface area contributed by atoms with E-state index in [2.05, 4.69) is 21.2 Å². The highest BCUT2D eigenvalue weighted by atomic mass is 79.9. The van der Waals surface area contributed by atoms with E-state index in [9.17, 15) is 4.79 Å². The highest BCUT2D eigenvalue weighted by Crippen LogP contribution is 2.25. The van der Waals surface area contributed by atoms with Crippen LogP contribution >= 0.6 is 15.9 Å². The largest absolute Gasteiger partial charge is 0.399 e. The molecular formula is C15H15BrN2O. The van der Waals surface area contributed by atoms with E-state index in [1.165, 1.54) is 0 Å². The zero-order chi connectivity index (χ0) is 13.8. The molecule has 0 saturated heterocycles. The van der Waals surface area contributed by atoms with Crippen molar-refractivity contribution in [1.29, 1.82) is 0 Å². The topological polar surface area (TPSA) is 55.1 Å². The fraction of sp³-hybridized carbons (Fsp3) is 0.133. The summed E-state index contributed by atoms with van der Waals surface area (Å²) < 4.78 is 0.917. The lowest BCUT2D eigenvalue weighted by Gasteiger charge is -2.09. The minimum Gasteiger partial charge on any atom is -0.399 e. The van der Waals surface area contributed by atoms with Gasteiger partial charge in [0, 0.05) is 10.2 Å². The van der Waals surface area contributed by atoms with Crippen LogP contribution in [0.4, 0.5) is 11.4 Å². The first kappa shape index (κ1) is 13.6. The monoisotopic (exact) mass is 318 g/mol. The maximum atomic E-state index is 12.0. The number of carbonyl (C=O) groups is 1. The molecule has 2 rings (SSSR count). The van der Waals surface area contributed by atoms with Gasteiger partial charge in [0.05, 0.1) is 12.1 Å². The van der Waals surface area contributed by atoms with E-state index in [4.69, 9.17) is 5.73 Å². The van der Waals surface area contributed by atoms with Gasteiger partial charge in [-0.3, -0.25) is 4.79 Å². The summed E-state index contributed by atoms with van der Waals surface area (Å²) in [6.45, 7) is 1.99. The maximum absolute atomic E-state index is 12.0. The van der Waals surface area contributed by atoms with E-state index in [-0.39, 0.29) is 5.91 Å². The Bertz CT molecular complexity index is 594. The van der Waals surface area contributed by atoms with E-state index in [1.807, 2.05) is 37.3 Å². The maximum Gasteiger partial charge on any atom is 0.228 e. The predicted octanol–water partition coefficient (Wildman–Crippen LogP) is 3.52. The van der Waals surface area contributed by atoms with Gasteiger partial charge >= 0.3 is 0 Å². The van der Waals surface area contributed by atoms with Crippen LogP contribution in [0.3, 0.4) is 0 Å². The fourth-order valence-electron chi connectivity index (χ4n) is 1.76. The second-order valence-electron chi connectivity index (χ2n) is 4.40. The molecule has 0 aliphatic carbocycles. The fourth-order valence-corrected chi connectivity index (χ4v) is 2.12. The van der Waals surface area contributed by atoms with Gasteiger partial charge in [-0.2, -0.15) is 0 Å². The van der Waals surface area contributed by atoms with E-state index in [1.54, 1.807) is 12.1 Å². The molecule has 2 aromatic rings. The van der Waals surface area contributed by atoms with Crippen LogP contribution in [-0.2, 0) is 11.2 Å². The minimum absolute atomic E-state index is 0.0453. The molecule has 0 spiro atoms. The molecule has 98 valence electrons. The average Bonchev–Trinajstić information content (AvgIpc) is 2.38. The zero-order valence-corrected chi connectivity index (χ0v) is 12.2. The molecule has 0 unspecified atom stereocenters. The number of rotatable bonds is 3. The Hall–Kier alpha value is -1.81. The van der Waals surface area contributed by atoms with Crippen molar-refractivity contribution in [3.05, 3.63) is 58.1 Å². The summed E-state index contributed by atoms with van der Waals surface area (Å²) in [6, 6.07) is 13.1. The van der Waals surface area contributed by atoms with Crippen LogP contribution in [0, 0.1) is 6.92 Å². The standard InChI is InChI=1S/C15H15BrN2O/c1-10-3-2-4-13(15(10)16)18-14(19)9-11-5-7-12(17)8-6-11/h2-8H,9,17H2,1H3,(H,18,19). The summed E-state index contributed by atoms with van der Waals surface area (Å²) in [5.74, 6) is -0.0453. The van der Waals surface area contributed by atoms with Gasteiger partial charge in [0.2, 0.25) is 5.91 Å². The Balaban J connectivity index is 2.05. The molecule has 0 fully saturated rings. The first-order valence-electron chi connectivity index (χ1n) is 5.95. The van der Waals surface area contributed by atoms with Crippen LogP contribution in [0.5, 0.6) is 0 Å². The Labute approximate surface area is 121 Å². The molecule has 0 heterocycles. The lowest BCUT2D eigenvalue weighted by Crippen LogP contribution is -2.14. The quantitative estimate of drug-likeness (QED) is 0.851. The molecule has 3 nitrogen and oxygen atoms in total. The Morgan fingerprint density at radius 1 is 1.21 bits per heavy atom. The average molecular weight is 319 g/mol. The van der Waals surface area contributed by atoms with E-state index < -0.39 is 0 Å². The molecule has 1 amide bonds. The normalized spacial score (nSPS) is 10.2. The summed E-state index contributed by atoms with van der Waals surface area (Å²) in [5, 5.41) is 2.90. The summed E-state index contributed by atoms with van der Waals surface area (Å²) in [7, 11) is 0. The van der Waals surface area contributed by atoms with Crippen molar-refractivity contribution in [2.45, 2.75) is 13.3 Å². The predicted molar refractivity (Wildman–Crippen MR) is 82.1 cm³/mol. The van der Waals surface area contributed by atoms with Crippen molar-refractivity contribution >= 4 is 33.2 Å². The van der Waals surface area contributed by atoms with Gasteiger partial charge in [-0.05, 0) is 52.2 Å². The molecule has 4 heteroatoms. The molecule has 19 heavy (non-hydrogen) atoms. The zero-order valence-electron chi connectivity index (χ0n) is 10.6. The number of nitrogen functional groups attached to an aromatic ring is 1. The number of hydrogen-bond donors (Lipinski definition) is 2. The molecule has 0 radical (unpaired) electrons. The lowest BCUT2D eigenvalue weighted by molar-refractivity contribution is -0.115. The van der Waals surface area contributed by atoms with Crippen LogP contribution in [0.15, 0.2) is 46.9 Å². The van der Waals surface area contributed by atoms with Gasteiger partial charge in [0.1, 0.15) is 0 Å². The van der Waals surface area contributed by atoms with Gasteiger partial charge in [0.15, 0.2) is 0 Å². The Morgan fingerprint density at radius 3 is 2.58 bits per heavy atom. The number of nitrogens with two attached hydrogens (primary N) is 1. The second-order valence-corrected chi connectivity index (χ2v) is 5.20. The SMILES string of the molecule is Cc1cccc(NC(=O)Cc2ccc(N)cc2)c1Br. The summed E-state index contributed by atoms with van der Waals surface area (Å²) in [6.07, 6.45) is 0.334. The molecule has 2 aromatic carbocycles. The van der Waals surface area contributed by atoms with Crippen LogP contribution in [0.2, 0.25) is 0 Å². The Morgan fingerprint density at radius 2 is 1.89 bits per heavy atom. The van der Waals surface area contributed by atoms with Crippen molar-refractivity contribution in [2.24, 2.45) is 0 Å². The van der Waals surface area contributed by atoms with Crippen molar-refractivity contribution in [1.82, 2.24) is 0 Å². The van der Waals surface area contributed by atoms with Gasteiger partial charge < -0.3 is 11.1 Å². The van der Waals surface area contributed by atoms with Crippen molar-refractivity contribution in [3.63, 3.8) is 0 Å². The third-order valence-electron chi connectivity index (χ3n) is 2.81. The van der Waals surface area contributed by atoms with Gasteiger partial charge in [-0.25, -0.2) is 0 Å². The van der Waals surface area contributed by atoms with Gasteiger partial charge in [-0.1, -0.05) is 24.3 Å². The number of benzene rings is 2. The number of hydrogen-bond acceptors (Lipinski definition) is 2. The minimum atomic E-state index is -0.0453. The summed E-state index contributed by atoms with van der Waals surface area (Å²) >= 11 is 3.47. The lowest BCUT2D eigenvalue weighted by atomic mass is 10.1. The van der Waals surface area contributed by atoms with E-state index in [0.29, 0.717) is 12.1 Å². The molecular weight excluding hydrogens is 304 g/mol.